The van der Waals surface area contributed by atoms with E-state index in [4.69, 9.17) is 4.74 Å². The maximum atomic E-state index is 9.41. The fourth-order valence-corrected chi connectivity index (χ4v) is 1.78. The van der Waals surface area contributed by atoms with Crippen LogP contribution in [0.3, 0.4) is 0 Å². The van der Waals surface area contributed by atoms with E-state index >= 15 is 0 Å². The summed E-state index contributed by atoms with van der Waals surface area (Å²) < 4.78 is 5.42. The van der Waals surface area contributed by atoms with Crippen molar-refractivity contribution in [3.63, 3.8) is 0 Å². The van der Waals surface area contributed by atoms with E-state index in [0.717, 1.165) is 19.3 Å². The quantitative estimate of drug-likeness (QED) is 0.642. The molecule has 0 aromatic carbocycles. The van der Waals surface area contributed by atoms with Crippen molar-refractivity contribution >= 4 is 0 Å². The van der Waals surface area contributed by atoms with Gasteiger partial charge in [-0.25, -0.2) is 0 Å². The number of hydrogen-bond donors (Lipinski definition) is 2. The predicted octanol–water partition coefficient (Wildman–Crippen LogP) is 1.43. The third kappa shape index (κ3) is 4.07. The lowest BCUT2D eigenvalue weighted by Gasteiger charge is -2.23. The van der Waals surface area contributed by atoms with Gasteiger partial charge >= 0.3 is 0 Å². The fourth-order valence-electron chi connectivity index (χ4n) is 1.78. The molecular formula is C10H20O3. The van der Waals surface area contributed by atoms with Crippen LogP contribution in [0, 0.1) is 0 Å². The highest BCUT2D eigenvalue weighted by atomic mass is 16.6. The SMILES string of the molecule is CCCC(O)(O)COC1CCCC1. The molecule has 13 heavy (non-hydrogen) atoms. The van der Waals surface area contributed by atoms with Crippen LogP contribution in [0.1, 0.15) is 45.4 Å². The minimum atomic E-state index is -1.61. The molecule has 3 heteroatoms. The maximum absolute atomic E-state index is 9.41. The average Bonchev–Trinajstić information content (AvgIpc) is 2.52. The molecule has 0 amide bonds. The zero-order valence-corrected chi connectivity index (χ0v) is 8.33. The Labute approximate surface area is 79.7 Å². The lowest BCUT2D eigenvalue weighted by Crippen LogP contribution is -2.35. The van der Waals surface area contributed by atoms with Crippen LogP contribution in [0.2, 0.25) is 0 Å². The van der Waals surface area contributed by atoms with Crippen LogP contribution in [0.5, 0.6) is 0 Å². The van der Waals surface area contributed by atoms with Crippen molar-refractivity contribution in [1.29, 1.82) is 0 Å². The minimum Gasteiger partial charge on any atom is -0.373 e. The van der Waals surface area contributed by atoms with Gasteiger partial charge in [0, 0.05) is 6.42 Å². The smallest absolute Gasteiger partial charge is 0.186 e. The van der Waals surface area contributed by atoms with Gasteiger partial charge < -0.3 is 14.9 Å². The summed E-state index contributed by atoms with van der Waals surface area (Å²) in [6.45, 7) is 1.99. The molecule has 0 aromatic rings. The topological polar surface area (TPSA) is 49.7 Å². The molecule has 0 radical (unpaired) electrons. The fraction of sp³-hybridized carbons (Fsp3) is 1.00. The summed E-state index contributed by atoms with van der Waals surface area (Å²) in [4.78, 5) is 0. The maximum Gasteiger partial charge on any atom is 0.186 e. The molecule has 0 heterocycles. The Morgan fingerprint density at radius 1 is 1.31 bits per heavy atom. The first-order valence-corrected chi connectivity index (χ1v) is 5.20. The summed E-state index contributed by atoms with van der Waals surface area (Å²) in [5.41, 5.74) is 0. The molecular weight excluding hydrogens is 168 g/mol. The van der Waals surface area contributed by atoms with Gasteiger partial charge in [0.05, 0.1) is 6.10 Å². The Kier molecular flexibility index (Phi) is 4.16. The molecule has 0 aromatic heterocycles. The summed E-state index contributed by atoms with van der Waals surface area (Å²) >= 11 is 0. The summed E-state index contributed by atoms with van der Waals surface area (Å²) in [6.07, 6.45) is 5.98. The number of hydrogen-bond acceptors (Lipinski definition) is 3. The van der Waals surface area contributed by atoms with E-state index in [9.17, 15) is 10.2 Å². The highest BCUT2D eigenvalue weighted by Crippen LogP contribution is 2.22. The van der Waals surface area contributed by atoms with Crippen LogP contribution < -0.4 is 0 Å². The number of aliphatic hydroxyl groups is 2. The molecule has 78 valence electrons. The van der Waals surface area contributed by atoms with Crippen molar-refractivity contribution in [2.45, 2.75) is 57.3 Å². The molecule has 0 unspecified atom stereocenters. The zero-order valence-electron chi connectivity index (χ0n) is 8.33. The molecule has 0 saturated heterocycles. The second kappa shape index (κ2) is 4.94. The van der Waals surface area contributed by atoms with Gasteiger partial charge in [0.2, 0.25) is 0 Å². The van der Waals surface area contributed by atoms with Gasteiger partial charge in [-0.2, -0.15) is 0 Å². The van der Waals surface area contributed by atoms with Gasteiger partial charge in [-0.15, -0.1) is 0 Å². The van der Waals surface area contributed by atoms with Crippen LogP contribution in [-0.2, 0) is 4.74 Å². The average molecular weight is 188 g/mol. The zero-order chi connectivity index (χ0) is 9.73. The van der Waals surface area contributed by atoms with Crippen molar-refractivity contribution in [2.24, 2.45) is 0 Å². The van der Waals surface area contributed by atoms with E-state index in [0.29, 0.717) is 6.42 Å². The van der Waals surface area contributed by atoms with Crippen molar-refractivity contribution in [1.82, 2.24) is 0 Å². The summed E-state index contributed by atoms with van der Waals surface area (Å²) in [7, 11) is 0. The molecule has 1 aliphatic rings. The predicted molar refractivity (Wildman–Crippen MR) is 50.3 cm³/mol. The van der Waals surface area contributed by atoms with E-state index in [-0.39, 0.29) is 12.7 Å². The van der Waals surface area contributed by atoms with Crippen LogP contribution in [0.15, 0.2) is 0 Å². The van der Waals surface area contributed by atoms with Gasteiger partial charge in [-0.1, -0.05) is 26.2 Å². The molecule has 0 aliphatic heterocycles. The van der Waals surface area contributed by atoms with Gasteiger partial charge in [0.1, 0.15) is 6.61 Å². The van der Waals surface area contributed by atoms with E-state index in [1.54, 1.807) is 0 Å². The van der Waals surface area contributed by atoms with Crippen molar-refractivity contribution < 1.29 is 14.9 Å². The first-order valence-electron chi connectivity index (χ1n) is 5.20. The largest absolute Gasteiger partial charge is 0.373 e. The second-order valence-corrected chi connectivity index (χ2v) is 3.95. The van der Waals surface area contributed by atoms with Crippen LogP contribution in [0.25, 0.3) is 0 Å². The number of ether oxygens (including phenoxy) is 1. The highest BCUT2D eigenvalue weighted by molar-refractivity contribution is 4.69. The standard InChI is InChI=1S/C10H20O3/c1-2-7-10(11,12)8-13-9-5-3-4-6-9/h9,11-12H,2-8H2,1H3. The first-order chi connectivity index (χ1) is 6.14. The lowest BCUT2D eigenvalue weighted by atomic mass is 10.1. The van der Waals surface area contributed by atoms with E-state index in [2.05, 4.69) is 0 Å². The van der Waals surface area contributed by atoms with Crippen molar-refractivity contribution in [2.75, 3.05) is 6.61 Å². The van der Waals surface area contributed by atoms with Gasteiger partial charge in [0.25, 0.3) is 0 Å². The highest BCUT2D eigenvalue weighted by Gasteiger charge is 2.25. The summed E-state index contributed by atoms with van der Waals surface area (Å²) in [5, 5.41) is 18.8. The third-order valence-corrected chi connectivity index (χ3v) is 2.50. The normalized spacial score (nSPS) is 19.6. The molecule has 0 spiro atoms. The summed E-state index contributed by atoms with van der Waals surface area (Å²) in [6, 6.07) is 0. The second-order valence-electron chi connectivity index (χ2n) is 3.95. The molecule has 3 nitrogen and oxygen atoms in total. The lowest BCUT2D eigenvalue weighted by molar-refractivity contribution is -0.209. The monoisotopic (exact) mass is 188 g/mol. The Morgan fingerprint density at radius 2 is 1.92 bits per heavy atom. The molecule has 1 rings (SSSR count). The Morgan fingerprint density at radius 3 is 2.46 bits per heavy atom. The molecule has 1 fully saturated rings. The summed E-state index contributed by atoms with van der Waals surface area (Å²) in [5.74, 6) is -1.61. The number of rotatable bonds is 5. The molecule has 0 atom stereocenters. The van der Waals surface area contributed by atoms with Gasteiger partial charge in [-0.3, -0.25) is 0 Å². The molecule has 0 bridgehead atoms. The van der Waals surface area contributed by atoms with Crippen LogP contribution >= 0.6 is 0 Å². The van der Waals surface area contributed by atoms with Crippen molar-refractivity contribution in [3.8, 4) is 0 Å². The molecule has 1 aliphatic carbocycles. The van der Waals surface area contributed by atoms with Crippen molar-refractivity contribution in [3.05, 3.63) is 0 Å². The molecule has 2 N–H and O–H groups in total. The van der Waals surface area contributed by atoms with Gasteiger partial charge in [0.15, 0.2) is 5.79 Å². The Bertz CT molecular complexity index is 139. The van der Waals surface area contributed by atoms with Crippen LogP contribution in [-0.4, -0.2) is 28.7 Å². The Balaban J connectivity index is 2.15. The third-order valence-electron chi connectivity index (χ3n) is 2.50. The van der Waals surface area contributed by atoms with Gasteiger partial charge in [-0.05, 0) is 12.8 Å². The van der Waals surface area contributed by atoms with E-state index in [1.807, 2.05) is 6.92 Å². The minimum absolute atomic E-state index is 0.0610. The Hall–Kier alpha value is -0.120. The molecule has 1 saturated carbocycles. The van der Waals surface area contributed by atoms with E-state index < -0.39 is 5.79 Å². The van der Waals surface area contributed by atoms with Crippen LogP contribution in [0.4, 0.5) is 0 Å². The first kappa shape index (κ1) is 11.0. The van der Waals surface area contributed by atoms with E-state index in [1.165, 1.54) is 12.8 Å².